The van der Waals surface area contributed by atoms with Crippen molar-refractivity contribution in [2.45, 2.75) is 0 Å². The molecule has 0 aromatic carbocycles. The van der Waals surface area contributed by atoms with Gasteiger partial charge in [-0.15, -0.1) is 0 Å². The Kier molecular flexibility index (Phi) is 5.11. The van der Waals surface area contributed by atoms with Crippen LogP contribution in [0.5, 0.6) is 0 Å². The summed E-state index contributed by atoms with van der Waals surface area (Å²) in [6, 6.07) is 0. The van der Waals surface area contributed by atoms with Gasteiger partial charge in [0.1, 0.15) is 0 Å². The minimum Gasteiger partial charge on any atom is -1.00 e. The van der Waals surface area contributed by atoms with Crippen molar-refractivity contribution >= 4 is 10.3 Å². The monoisotopic (exact) mass is 120 g/mol. The third kappa shape index (κ3) is 10.7. The summed E-state index contributed by atoms with van der Waals surface area (Å²) in [5.41, 5.74) is 0. The smallest absolute Gasteiger partial charge is 1.00 e. The summed E-state index contributed by atoms with van der Waals surface area (Å²) in [6.07, 6.45) is 0. The van der Waals surface area contributed by atoms with E-state index in [0.717, 1.165) is 0 Å². The zero-order valence-electron chi connectivity index (χ0n) is 4.79. The largest absolute Gasteiger partial charge is 1.00 e. The number of nitrogens with two attached hydrogens (primary N) is 2. The molecule has 0 aliphatic rings. The molecule has 0 amide bonds. The molecule has 0 aromatic rings. The van der Waals surface area contributed by atoms with E-state index in [1.165, 1.54) is 0 Å². The van der Waals surface area contributed by atoms with Crippen LogP contribution in [0.1, 0.15) is 1.43 Å². The molecule has 0 bridgehead atoms. The molecule has 0 heterocycles. The van der Waals surface area contributed by atoms with E-state index >= 15 is 0 Å². The average Bonchev–Trinajstić information content (AvgIpc) is 1.35. The van der Waals surface area contributed by atoms with Crippen molar-refractivity contribution in [2.24, 2.45) is 11.0 Å². The molecular formula is H5LiN2O3S. The fourth-order valence-corrected chi connectivity index (χ4v) is 0. The van der Waals surface area contributed by atoms with Crippen LogP contribution in [0.25, 0.3) is 0 Å². The zero-order valence-corrected chi connectivity index (χ0v) is 4.60. The van der Waals surface area contributed by atoms with Crippen LogP contribution in [0.2, 0.25) is 0 Å². The molecule has 0 rings (SSSR count). The Morgan fingerprint density at radius 3 is 1.71 bits per heavy atom. The second-order valence-electron chi connectivity index (χ2n) is 0.589. The molecule has 7 heteroatoms. The van der Waals surface area contributed by atoms with Crippen LogP contribution in [0.3, 0.4) is 0 Å². The van der Waals surface area contributed by atoms with Gasteiger partial charge in [0, 0.05) is 0 Å². The summed E-state index contributed by atoms with van der Waals surface area (Å²) in [4.78, 5) is 0. The normalized spacial score (nSPS) is 10.0. The molecule has 7 heavy (non-hydrogen) atoms. The Hall–Kier alpha value is 0.427. The third-order valence-corrected chi connectivity index (χ3v) is 0.402. The maximum absolute atomic E-state index is 9.43. The van der Waals surface area contributed by atoms with Gasteiger partial charge in [0.15, 0.2) is 0 Å². The van der Waals surface area contributed by atoms with Gasteiger partial charge in [-0.3, -0.25) is 0 Å². The predicted octanol–water partition coefficient (Wildman–Crippen LogP) is -4.80. The number of hydrogen-bond donors (Lipinski definition) is 2. The first-order valence-corrected chi connectivity index (χ1v) is 2.44. The Bertz CT molecular complexity index is 119. The van der Waals surface area contributed by atoms with Gasteiger partial charge in [-0.1, -0.05) is 0 Å². The fourth-order valence-electron chi connectivity index (χ4n) is 0. The van der Waals surface area contributed by atoms with Gasteiger partial charge in [-0.05, 0) is 0 Å². The number of rotatable bonds is 1. The van der Waals surface area contributed by atoms with E-state index < -0.39 is 10.3 Å². The second-order valence-corrected chi connectivity index (χ2v) is 1.77. The molecule has 0 aliphatic heterocycles. The molecule has 0 aliphatic carbocycles. The Morgan fingerprint density at radius 2 is 1.71 bits per heavy atom. The van der Waals surface area contributed by atoms with Gasteiger partial charge in [0.05, 0.1) is 0 Å². The van der Waals surface area contributed by atoms with E-state index in [1.807, 2.05) is 0 Å². The van der Waals surface area contributed by atoms with Gasteiger partial charge < -0.3 is 1.43 Å². The van der Waals surface area contributed by atoms with Crippen molar-refractivity contribution in [3.8, 4) is 0 Å². The van der Waals surface area contributed by atoms with E-state index in [0.29, 0.717) is 0 Å². The van der Waals surface area contributed by atoms with Crippen molar-refractivity contribution in [1.29, 1.82) is 0 Å². The summed E-state index contributed by atoms with van der Waals surface area (Å²) < 4.78 is 22.0. The van der Waals surface area contributed by atoms with E-state index in [2.05, 4.69) is 15.3 Å². The van der Waals surface area contributed by atoms with Crippen LogP contribution in [-0.4, -0.2) is 8.42 Å². The minimum atomic E-state index is -3.88. The topological polar surface area (TPSA) is 95.4 Å². The molecule has 4 N–H and O–H groups in total. The molecule has 0 atom stereocenters. The molecule has 0 radical (unpaired) electrons. The average molecular weight is 120 g/mol. The van der Waals surface area contributed by atoms with Crippen LogP contribution >= 0.6 is 0 Å². The SMILES string of the molecule is NOS(N)(=O)=O.[H-].[Li+]. The van der Waals surface area contributed by atoms with Gasteiger partial charge >= 0.3 is 29.2 Å². The molecule has 0 fully saturated rings. The molecule has 0 saturated heterocycles. The van der Waals surface area contributed by atoms with Crippen molar-refractivity contribution < 1.29 is 33.0 Å². The van der Waals surface area contributed by atoms with Crippen LogP contribution in [0.4, 0.5) is 0 Å². The van der Waals surface area contributed by atoms with E-state index in [-0.39, 0.29) is 20.3 Å². The molecule has 0 spiro atoms. The minimum absolute atomic E-state index is 0. The Morgan fingerprint density at radius 1 is 1.57 bits per heavy atom. The van der Waals surface area contributed by atoms with Crippen molar-refractivity contribution in [2.75, 3.05) is 0 Å². The maximum Gasteiger partial charge on any atom is 1.00 e. The molecule has 40 valence electrons. The Balaban J connectivity index is -0.000000125. The molecule has 0 saturated carbocycles. The quantitative estimate of drug-likeness (QED) is 0.268. The first-order valence-electron chi connectivity index (χ1n) is 0.971. The van der Waals surface area contributed by atoms with Crippen LogP contribution in [0.15, 0.2) is 0 Å². The first kappa shape index (κ1) is 10.4. The summed E-state index contributed by atoms with van der Waals surface area (Å²) in [5, 5.41) is 4.16. The van der Waals surface area contributed by atoms with E-state index in [9.17, 15) is 8.42 Å². The molecule has 5 nitrogen and oxygen atoms in total. The van der Waals surface area contributed by atoms with E-state index in [1.54, 1.807) is 0 Å². The number of hydrogen-bond acceptors (Lipinski definition) is 4. The third-order valence-electron chi connectivity index (χ3n) is 0.134. The van der Waals surface area contributed by atoms with Gasteiger partial charge in [-0.2, -0.15) is 18.6 Å². The molecular weight excluding hydrogens is 115 g/mol. The van der Waals surface area contributed by atoms with Crippen molar-refractivity contribution in [1.82, 2.24) is 0 Å². The standard InChI is InChI=1S/Li.H4N2O3S.H/c;1-5-6(2,3)4;/h;1H2,(H2,2,3,4);/q+1;;-1. The first-order chi connectivity index (χ1) is 2.56. The molecule has 0 unspecified atom stereocenters. The summed E-state index contributed by atoms with van der Waals surface area (Å²) in [6.45, 7) is 0. The molecule has 0 aromatic heterocycles. The second kappa shape index (κ2) is 3.43. The zero-order chi connectivity index (χ0) is 5.21. The summed E-state index contributed by atoms with van der Waals surface area (Å²) in [5.74, 6) is 4.09. The Labute approximate surface area is 54.9 Å². The summed E-state index contributed by atoms with van der Waals surface area (Å²) in [7, 11) is -3.88. The van der Waals surface area contributed by atoms with Gasteiger partial charge in [-0.25, -0.2) is 5.14 Å². The van der Waals surface area contributed by atoms with Crippen LogP contribution < -0.4 is 29.9 Å². The van der Waals surface area contributed by atoms with Crippen molar-refractivity contribution in [3.63, 3.8) is 0 Å². The maximum atomic E-state index is 9.43. The van der Waals surface area contributed by atoms with E-state index in [4.69, 9.17) is 0 Å². The van der Waals surface area contributed by atoms with Gasteiger partial charge in [0.2, 0.25) is 0 Å². The van der Waals surface area contributed by atoms with Crippen LogP contribution in [-0.2, 0) is 14.6 Å². The fraction of sp³-hybridized carbons (Fsp3) is 0. The van der Waals surface area contributed by atoms with Crippen molar-refractivity contribution in [3.05, 3.63) is 0 Å². The predicted molar refractivity (Wildman–Crippen MR) is 19.5 cm³/mol. The van der Waals surface area contributed by atoms with Crippen LogP contribution in [0, 0.1) is 0 Å². The summed E-state index contributed by atoms with van der Waals surface area (Å²) >= 11 is 0. The van der Waals surface area contributed by atoms with Gasteiger partial charge in [0.25, 0.3) is 0 Å².